The Hall–Kier alpha value is -2.35. The fourth-order valence-electron chi connectivity index (χ4n) is 1.99. The summed E-state index contributed by atoms with van der Waals surface area (Å²) < 4.78 is 37.7. The van der Waals surface area contributed by atoms with E-state index in [-0.39, 0.29) is 11.4 Å². The van der Waals surface area contributed by atoms with Crippen LogP contribution < -0.4 is 10.6 Å². The van der Waals surface area contributed by atoms with Gasteiger partial charge >= 0.3 is 6.18 Å². The zero-order valence-corrected chi connectivity index (χ0v) is 12.9. The van der Waals surface area contributed by atoms with Gasteiger partial charge in [-0.1, -0.05) is 0 Å². The number of carbonyl (C=O) groups is 2. The van der Waals surface area contributed by atoms with Crippen LogP contribution in [0.4, 0.5) is 18.9 Å². The van der Waals surface area contributed by atoms with Gasteiger partial charge in [-0.2, -0.15) is 13.2 Å². The molecule has 0 fully saturated rings. The first-order chi connectivity index (χ1) is 10.7. The van der Waals surface area contributed by atoms with Crippen LogP contribution in [0.3, 0.4) is 0 Å². The third kappa shape index (κ3) is 3.70. The van der Waals surface area contributed by atoms with E-state index in [1.807, 2.05) is 0 Å². The summed E-state index contributed by atoms with van der Waals surface area (Å²) >= 11 is 0.949. The predicted molar refractivity (Wildman–Crippen MR) is 81.6 cm³/mol. The molecule has 1 aromatic heterocycles. The van der Waals surface area contributed by atoms with Crippen molar-refractivity contribution in [2.75, 3.05) is 11.4 Å². The average Bonchev–Trinajstić information content (AvgIpc) is 2.97. The molecule has 4 nitrogen and oxygen atoms in total. The second kappa shape index (κ2) is 6.41. The molecule has 0 bridgehead atoms. The van der Waals surface area contributed by atoms with Crippen LogP contribution in [0.15, 0.2) is 36.4 Å². The molecule has 0 saturated heterocycles. The molecule has 0 radical (unpaired) electrons. The zero-order chi connectivity index (χ0) is 17.2. The van der Waals surface area contributed by atoms with E-state index in [1.165, 1.54) is 29.2 Å². The molecule has 2 rings (SSSR count). The lowest BCUT2D eigenvalue weighted by Crippen LogP contribution is -2.30. The third-order valence-electron chi connectivity index (χ3n) is 3.13. The van der Waals surface area contributed by atoms with E-state index >= 15 is 0 Å². The van der Waals surface area contributed by atoms with Gasteiger partial charge in [-0.3, -0.25) is 9.59 Å². The topological polar surface area (TPSA) is 63.4 Å². The summed E-state index contributed by atoms with van der Waals surface area (Å²) in [6, 6.07) is 7.25. The standard InChI is InChI=1S/C15H13F3N2O2S/c1-2-20(10-5-3-9(4-6-10)15(16,17)18)14(22)12-8-7-11(23-12)13(19)21/h3-8H,2H2,1H3,(H2,19,21). The summed E-state index contributed by atoms with van der Waals surface area (Å²) in [5, 5.41) is 0. The number of halogens is 3. The molecule has 0 spiro atoms. The Kier molecular flexibility index (Phi) is 4.74. The molecule has 0 aliphatic heterocycles. The lowest BCUT2D eigenvalue weighted by molar-refractivity contribution is -0.137. The maximum Gasteiger partial charge on any atom is 0.416 e. The summed E-state index contributed by atoms with van der Waals surface area (Å²) in [7, 11) is 0. The quantitative estimate of drug-likeness (QED) is 0.924. The molecular formula is C15H13F3N2O2S. The first-order valence-corrected chi connectivity index (χ1v) is 7.44. The van der Waals surface area contributed by atoms with Crippen molar-refractivity contribution in [3.05, 3.63) is 51.7 Å². The summed E-state index contributed by atoms with van der Waals surface area (Å²) in [5.74, 6) is -1.03. The van der Waals surface area contributed by atoms with E-state index in [0.29, 0.717) is 10.6 Å². The average molecular weight is 342 g/mol. The molecule has 1 heterocycles. The van der Waals surface area contributed by atoms with Crippen LogP contribution in [0.2, 0.25) is 0 Å². The minimum atomic E-state index is -4.43. The van der Waals surface area contributed by atoms with Crippen LogP contribution in [0, 0.1) is 0 Å². The minimum absolute atomic E-state index is 0.247. The minimum Gasteiger partial charge on any atom is -0.365 e. The molecule has 0 aliphatic rings. The van der Waals surface area contributed by atoms with Gasteiger partial charge in [0, 0.05) is 12.2 Å². The zero-order valence-electron chi connectivity index (χ0n) is 12.1. The normalized spacial score (nSPS) is 11.3. The number of hydrogen-bond acceptors (Lipinski definition) is 3. The van der Waals surface area contributed by atoms with Gasteiger partial charge in [-0.25, -0.2) is 0 Å². The summed E-state index contributed by atoms with van der Waals surface area (Å²) in [6.45, 7) is 1.98. The van der Waals surface area contributed by atoms with Gasteiger partial charge in [0.25, 0.3) is 11.8 Å². The van der Waals surface area contributed by atoms with Crippen molar-refractivity contribution in [1.29, 1.82) is 0 Å². The van der Waals surface area contributed by atoms with Crippen molar-refractivity contribution in [1.82, 2.24) is 0 Å². The highest BCUT2D eigenvalue weighted by Gasteiger charge is 2.30. The van der Waals surface area contributed by atoms with Crippen LogP contribution in [0.25, 0.3) is 0 Å². The number of carbonyl (C=O) groups excluding carboxylic acids is 2. The monoisotopic (exact) mass is 342 g/mol. The predicted octanol–water partition coefficient (Wildman–Crippen LogP) is 3.53. The van der Waals surface area contributed by atoms with Crippen molar-refractivity contribution >= 4 is 28.8 Å². The number of hydrogen-bond donors (Lipinski definition) is 1. The van der Waals surface area contributed by atoms with Crippen molar-refractivity contribution in [3.63, 3.8) is 0 Å². The molecule has 0 aliphatic carbocycles. The van der Waals surface area contributed by atoms with Gasteiger partial charge in [0.15, 0.2) is 0 Å². The first kappa shape index (κ1) is 17.0. The Labute approximate surface area is 134 Å². The van der Waals surface area contributed by atoms with Crippen molar-refractivity contribution in [2.45, 2.75) is 13.1 Å². The first-order valence-electron chi connectivity index (χ1n) is 6.62. The van der Waals surface area contributed by atoms with Gasteiger partial charge in [-0.15, -0.1) is 11.3 Å². The highest BCUT2D eigenvalue weighted by molar-refractivity contribution is 7.16. The number of amides is 2. The Balaban J connectivity index is 2.27. The number of alkyl halides is 3. The number of benzene rings is 1. The van der Waals surface area contributed by atoms with Crippen molar-refractivity contribution in [2.24, 2.45) is 5.73 Å². The van der Waals surface area contributed by atoms with E-state index < -0.39 is 23.6 Å². The summed E-state index contributed by atoms with van der Waals surface area (Å²) in [4.78, 5) is 25.4. The molecule has 2 N–H and O–H groups in total. The number of nitrogens with two attached hydrogens (primary N) is 1. The second-order valence-electron chi connectivity index (χ2n) is 4.62. The third-order valence-corrected chi connectivity index (χ3v) is 4.22. The Morgan fingerprint density at radius 3 is 2.09 bits per heavy atom. The fraction of sp³-hybridized carbons (Fsp3) is 0.200. The highest BCUT2D eigenvalue weighted by Crippen LogP contribution is 2.31. The molecule has 1 aromatic carbocycles. The van der Waals surface area contributed by atoms with E-state index in [4.69, 9.17) is 5.73 Å². The van der Waals surface area contributed by atoms with Gasteiger partial charge in [-0.05, 0) is 43.3 Å². The van der Waals surface area contributed by atoms with Gasteiger partial charge in [0.2, 0.25) is 0 Å². The largest absolute Gasteiger partial charge is 0.416 e. The molecule has 23 heavy (non-hydrogen) atoms. The highest BCUT2D eigenvalue weighted by atomic mass is 32.1. The van der Waals surface area contributed by atoms with Crippen LogP contribution in [0.5, 0.6) is 0 Å². The Bertz CT molecular complexity index is 723. The summed E-state index contributed by atoms with van der Waals surface area (Å²) in [6.07, 6.45) is -4.43. The molecule has 0 atom stereocenters. The van der Waals surface area contributed by atoms with Crippen molar-refractivity contribution in [3.8, 4) is 0 Å². The number of anilines is 1. The van der Waals surface area contributed by atoms with Crippen LogP contribution >= 0.6 is 11.3 Å². The number of nitrogens with zero attached hydrogens (tertiary/aromatic N) is 1. The molecule has 2 aromatic rings. The molecule has 2 amide bonds. The fourth-order valence-corrected chi connectivity index (χ4v) is 2.80. The van der Waals surface area contributed by atoms with Crippen molar-refractivity contribution < 1.29 is 22.8 Å². The lowest BCUT2D eigenvalue weighted by atomic mass is 10.2. The van der Waals surface area contributed by atoms with E-state index in [0.717, 1.165) is 23.5 Å². The smallest absolute Gasteiger partial charge is 0.365 e. The Morgan fingerprint density at radius 2 is 1.65 bits per heavy atom. The van der Waals surface area contributed by atoms with E-state index in [9.17, 15) is 22.8 Å². The molecule has 8 heteroatoms. The van der Waals surface area contributed by atoms with E-state index in [2.05, 4.69) is 0 Å². The van der Waals surface area contributed by atoms with Gasteiger partial charge < -0.3 is 10.6 Å². The molecule has 122 valence electrons. The number of rotatable bonds is 4. The van der Waals surface area contributed by atoms with Gasteiger partial charge in [0.05, 0.1) is 15.3 Å². The maximum absolute atomic E-state index is 12.6. The van der Waals surface area contributed by atoms with Crippen LogP contribution in [-0.4, -0.2) is 18.4 Å². The maximum atomic E-state index is 12.6. The SMILES string of the molecule is CCN(C(=O)c1ccc(C(N)=O)s1)c1ccc(C(F)(F)F)cc1. The Morgan fingerprint density at radius 1 is 1.09 bits per heavy atom. The second-order valence-corrected chi connectivity index (χ2v) is 5.71. The van der Waals surface area contributed by atoms with E-state index in [1.54, 1.807) is 6.92 Å². The van der Waals surface area contributed by atoms with Crippen LogP contribution in [-0.2, 0) is 6.18 Å². The molecule has 0 unspecified atom stereocenters. The molecule has 0 saturated carbocycles. The van der Waals surface area contributed by atoms with Gasteiger partial charge in [0.1, 0.15) is 0 Å². The summed E-state index contributed by atoms with van der Waals surface area (Å²) in [5.41, 5.74) is 4.71. The lowest BCUT2D eigenvalue weighted by Gasteiger charge is -2.21. The number of primary amides is 1. The van der Waals surface area contributed by atoms with Crippen LogP contribution in [0.1, 0.15) is 31.8 Å². The number of thiophene rings is 1. The molecular weight excluding hydrogens is 329 g/mol.